The van der Waals surface area contributed by atoms with E-state index in [2.05, 4.69) is 36.3 Å². The first-order valence-corrected chi connectivity index (χ1v) is 10.9. The molecule has 2 aliphatic rings. The van der Waals surface area contributed by atoms with Crippen molar-refractivity contribution in [3.8, 4) is 5.88 Å². The number of nitrogens with one attached hydrogen (secondary N) is 1. The highest BCUT2D eigenvalue weighted by molar-refractivity contribution is 9.10. The molecule has 1 N–H and O–H groups in total. The predicted molar refractivity (Wildman–Crippen MR) is 114 cm³/mol. The summed E-state index contributed by atoms with van der Waals surface area (Å²) in [6, 6.07) is 5.26. The van der Waals surface area contributed by atoms with Crippen molar-refractivity contribution in [3.05, 3.63) is 51.2 Å². The largest absolute Gasteiger partial charge is 0.473 e. The van der Waals surface area contributed by atoms with E-state index in [0.29, 0.717) is 28.5 Å². The lowest BCUT2D eigenvalue weighted by atomic mass is 9.98. The molecule has 0 spiro atoms. The van der Waals surface area contributed by atoms with E-state index in [1.165, 1.54) is 12.8 Å². The molecule has 0 radical (unpaired) electrons. The molecule has 3 atom stereocenters. The first kappa shape index (κ1) is 20.0. The minimum Gasteiger partial charge on any atom is -0.473 e. The summed E-state index contributed by atoms with van der Waals surface area (Å²) < 4.78 is 21.1. The van der Waals surface area contributed by atoms with Gasteiger partial charge in [0.15, 0.2) is 5.82 Å². The number of nitrogens with zero attached hydrogens (tertiary/aromatic N) is 4. The Hall–Kier alpha value is -2.88. The number of fused-ring (bicyclic) bond motifs is 3. The van der Waals surface area contributed by atoms with Crippen LogP contribution in [0.1, 0.15) is 25.7 Å². The van der Waals surface area contributed by atoms with Gasteiger partial charge in [0.25, 0.3) is 5.56 Å². The minimum atomic E-state index is -0.612. The summed E-state index contributed by atoms with van der Waals surface area (Å²) in [6.07, 6.45) is 6.52. The van der Waals surface area contributed by atoms with Crippen LogP contribution in [0.5, 0.6) is 5.88 Å². The normalized spacial score (nSPS) is 22.1. The lowest BCUT2D eigenvalue weighted by Crippen LogP contribution is -2.32. The lowest BCUT2D eigenvalue weighted by Gasteiger charge is -2.23. The van der Waals surface area contributed by atoms with Crippen LogP contribution >= 0.6 is 15.9 Å². The molecule has 2 saturated carbocycles. The average Bonchev–Trinajstić information content (AvgIpc) is 3.36. The van der Waals surface area contributed by atoms with Crippen molar-refractivity contribution in [2.45, 2.75) is 38.3 Å². The molecule has 5 rings (SSSR count). The fraction of sp³-hybridized carbons (Fsp3) is 0.381. The van der Waals surface area contributed by atoms with Crippen molar-refractivity contribution in [2.24, 2.45) is 11.8 Å². The molecule has 1 amide bonds. The highest BCUT2D eigenvalue weighted by Crippen LogP contribution is 2.46. The molecule has 31 heavy (non-hydrogen) atoms. The number of hydrogen-bond acceptors (Lipinski definition) is 6. The minimum absolute atomic E-state index is 0.0531. The summed E-state index contributed by atoms with van der Waals surface area (Å²) in [5.74, 6) is 0.332. The number of benzene rings is 1. The Morgan fingerprint density at radius 1 is 1.23 bits per heavy atom. The van der Waals surface area contributed by atoms with Gasteiger partial charge in [-0.1, -0.05) is 15.9 Å². The molecule has 2 fully saturated rings. The molecule has 0 aliphatic heterocycles. The van der Waals surface area contributed by atoms with Crippen molar-refractivity contribution in [3.63, 3.8) is 0 Å². The number of hydrogen-bond donors (Lipinski definition) is 1. The van der Waals surface area contributed by atoms with Crippen molar-refractivity contribution in [1.29, 1.82) is 0 Å². The van der Waals surface area contributed by atoms with Crippen molar-refractivity contribution in [2.75, 3.05) is 5.32 Å². The van der Waals surface area contributed by atoms with Crippen LogP contribution in [0.2, 0.25) is 0 Å². The first-order chi connectivity index (χ1) is 15.0. The molecule has 0 unspecified atom stereocenters. The highest BCUT2D eigenvalue weighted by atomic mass is 79.9. The van der Waals surface area contributed by atoms with Gasteiger partial charge < -0.3 is 4.74 Å². The van der Waals surface area contributed by atoms with Gasteiger partial charge in [-0.25, -0.2) is 19.0 Å². The van der Waals surface area contributed by atoms with Gasteiger partial charge in [-0.15, -0.1) is 5.10 Å². The van der Waals surface area contributed by atoms with Crippen molar-refractivity contribution < 1.29 is 13.9 Å². The SMILES string of the molecule is O=C(Cn1nc(O[C@H]2C[C@H]3CC[C@@H]2C3)c2cc(Br)ccc2c1=O)Nc1ncc(F)cn1. The van der Waals surface area contributed by atoms with Crippen LogP contribution in [0, 0.1) is 17.7 Å². The zero-order valence-corrected chi connectivity index (χ0v) is 18.0. The summed E-state index contributed by atoms with van der Waals surface area (Å²) in [5.41, 5.74) is -0.405. The summed E-state index contributed by atoms with van der Waals surface area (Å²) in [4.78, 5) is 32.8. The standard InChI is InChI=1S/C21H19BrFN5O3/c22-13-3-4-15-16(7-13)19(31-17-6-11-1-2-12(17)5-11)27-28(20(15)30)10-18(29)26-21-24-8-14(23)9-25-21/h3-4,7-9,11-12,17H,1-2,5-6,10H2,(H,24,25,26,29)/t11-,12+,17-/m0/s1. The Morgan fingerprint density at radius 2 is 2.03 bits per heavy atom. The van der Waals surface area contributed by atoms with Crippen LogP contribution in [-0.2, 0) is 11.3 Å². The zero-order valence-electron chi connectivity index (χ0n) is 16.4. The van der Waals surface area contributed by atoms with E-state index in [-0.39, 0.29) is 18.6 Å². The van der Waals surface area contributed by atoms with E-state index in [1.807, 2.05) is 6.07 Å². The van der Waals surface area contributed by atoms with Gasteiger partial charge in [-0.3, -0.25) is 14.9 Å². The van der Waals surface area contributed by atoms with E-state index in [4.69, 9.17) is 4.74 Å². The monoisotopic (exact) mass is 487 g/mol. The molecule has 0 saturated heterocycles. The molecule has 2 heterocycles. The maximum absolute atomic E-state index is 13.0. The first-order valence-electron chi connectivity index (χ1n) is 10.1. The van der Waals surface area contributed by atoms with Gasteiger partial charge in [0.1, 0.15) is 12.6 Å². The van der Waals surface area contributed by atoms with Gasteiger partial charge >= 0.3 is 0 Å². The van der Waals surface area contributed by atoms with Gasteiger partial charge in [0.2, 0.25) is 17.7 Å². The van der Waals surface area contributed by atoms with E-state index in [9.17, 15) is 14.0 Å². The van der Waals surface area contributed by atoms with E-state index >= 15 is 0 Å². The number of amides is 1. The summed E-state index contributed by atoms with van der Waals surface area (Å²) in [5, 5.41) is 7.85. The Kier molecular flexibility index (Phi) is 5.17. The average molecular weight is 488 g/mol. The second kappa shape index (κ2) is 7.99. The van der Waals surface area contributed by atoms with Crippen LogP contribution in [0.4, 0.5) is 10.3 Å². The molecule has 10 heteroatoms. The molecule has 2 aromatic heterocycles. The smallest absolute Gasteiger partial charge is 0.275 e. The molecule has 160 valence electrons. The maximum Gasteiger partial charge on any atom is 0.275 e. The van der Waals surface area contributed by atoms with Gasteiger partial charge in [-0.05, 0) is 55.7 Å². The van der Waals surface area contributed by atoms with Crippen LogP contribution in [0.15, 0.2) is 39.9 Å². The van der Waals surface area contributed by atoms with Crippen LogP contribution in [0.3, 0.4) is 0 Å². The highest BCUT2D eigenvalue weighted by Gasteiger charge is 2.41. The number of ether oxygens (including phenoxy) is 1. The lowest BCUT2D eigenvalue weighted by molar-refractivity contribution is -0.117. The summed E-state index contributed by atoms with van der Waals surface area (Å²) >= 11 is 3.44. The molecule has 2 bridgehead atoms. The molecule has 3 aromatic rings. The third kappa shape index (κ3) is 4.04. The molecular formula is C21H19BrFN5O3. The van der Waals surface area contributed by atoms with Crippen LogP contribution < -0.4 is 15.6 Å². The number of carbonyl (C=O) groups excluding carboxylic acids is 1. The Morgan fingerprint density at radius 3 is 2.74 bits per heavy atom. The Labute approximate surface area is 185 Å². The third-order valence-electron chi connectivity index (χ3n) is 5.99. The van der Waals surface area contributed by atoms with Crippen molar-refractivity contribution >= 4 is 38.6 Å². The maximum atomic E-state index is 13.0. The number of rotatable bonds is 5. The van der Waals surface area contributed by atoms with Crippen molar-refractivity contribution in [1.82, 2.24) is 19.7 Å². The number of aromatic nitrogens is 4. The van der Waals surface area contributed by atoms with Gasteiger partial charge in [-0.2, -0.15) is 0 Å². The van der Waals surface area contributed by atoms with E-state index in [0.717, 1.165) is 34.4 Å². The Bertz CT molecular complexity index is 1220. The fourth-order valence-corrected chi connectivity index (χ4v) is 4.93. The Balaban J connectivity index is 1.45. The van der Waals surface area contributed by atoms with E-state index < -0.39 is 17.3 Å². The van der Waals surface area contributed by atoms with E-state index in [1.54, 1.807) is 12.1 Å². The number of halogens is 2. The van der Waals surface area contributed by atoms with Gasteiger partial charge in [0.05, 0.1) is 23.2 Å². The zero-order chi connectivity index (χ0) is 21.5. The summed E-state index contributed by atoms with van der Waals surface area (Å²) in [7, 11) is 0. The predicted octanol–water partition coefficient (Wildman–Crippen LogP) is 3.29. The summed E-state index contributed by atoms with van der Waals surface area (Å²) in [6.45, 7) is -0.349. The molecular weight excluding hydrogens is 469 g/mol. The van der Waals surface area contributed by atoms with Gasteiger partial charge in [0, 0.05) is 4.47 Å². The second-order valence-electron chi connectivity index (χ2n) is 8.06. The fourth-order valence-electron chi connectivity index (χ4n) is 4.57. The van der Waals surface area contributed by atoms with Crippen LogP contribution in [-0.4, -0.2) is 31.8 Å². The molecule has 1 aromatic carbocycles. The quantitative estimate of drug-likeness (QED) is 0.592. The molecule has 8 nitrogen and oxygen atoms in total. The van der Waals surface area contributed by atoms with Crippen LogP contribution in [0.25, 0.3) is 10.8 Å². The second-order valence-corrected chi connectivity index (χ2v) is 8.98. The molecule has 2 aliphatic carbocycles. The number of anilines is 1. The third-order valence-corrected chi connectivity index (χ3v) is 6.48. The number of carbonyl (C=O) groups is 1. The topological polar surface area (TPSA) is 99.0 Å².